The first-order valence-electron chi connectivity index (χ1n) is 7.87. The van der Waals surface area contributed by atoms with Gasteiger partial charge in [-0.2, -0.15) is 0 Å². The van der Waals surface area contributed by atoms with Crippen molar-refractivity contribution in [2.75, 3.05) is 26.7 Å². The van der Waals surface area contributed by atoms with E-state index in [4.69, 9.17) is 4.74 Å². The van der Waals surface area contributed by atoms with Crippen molar-refractivity contribution < 1.29 is 4.74 Å². The number of hydrogen-bond acceptors (Lipinski definition) is 3. The van der Waals surface area contributed by atoms with Crippen molar-refractivity contribution in [1.82, 2.24) is 10.2 Å². The predicted molar refractivity (Wildman–Crippen MR) is 82.6 cm³/mol. The Labute approximate surface area is 120 Å². The van der Waals surface area contributed by atoms with Gasteiger partial charge in [0.15, 0.2) is 0 Å². The quantitative estimate of drug-likeness (QED) is 0.770. The molecule has 1 atom stereocenters. The molecular weight excluding hydrogens is 236 g/mol. The normalized spacial score (nSPS) is 20.2. The van der Waals surface area contributed by atoms with Crippen LogP contribution >= 0.6 is 0 Å². The van der Waals surface area contributed by atoms with Crippen molar-refractivity contribution in [3.8, 4) is 0 Å². The van der Waals surface area contributed by atoms with E-state index < -0.39 is 0 Å². The molecule has 0 aromatic rings. The fraction of sp³-hybridized carbons (Fsp3) is 1.00. The van der Waals surface area contributed by atoms with Crippen LogP contribution in [0.2, 0.25) is 0 Å². The van der Waals surface area contributed by atoms with Crippen molar-refractivity contribution in [3.63, 3.8) is 0 Å². The molecule has 1 aliphatic heterocycles. The lowest BCUT2D eigenvalue weighted by atomic mass is 9.93. The molecule has 3 nitrogen and oxygen atoms in total. The van der Waals surface area contributed by atoms with Crippen LogP contribution in [0.4, 0.5) is 0 Å². The topological polar surface area (TPSA) is 24.5 Å². The molecule has 1 rings (SSSR count). The number of methoxy groups -OCH3 is 1. The highest BCUT2D eigenvalue weighted by atomic mass is 16.5. The van der Waals surface area contributed by atoms with Gasteiger partial charge in [0.05, 0.1) is 5.60 Å². The summed E-state index contributed by atoms with van der Waals surface area (Å²) in [6.07, 6.45) is 3.74. The van der Waals surface area contributed by atoms with Gasteiger partial charge in [-0.05, 0) is 72.9 Å². The molecule has 1 unspecified atom stereocenters. The van der Waals surface area contributed by atoms with E-state index in [0.29, 0.717) is 12.1 Å². The molecule has 0 radical (unpaired) electrons. The van der Waals surface area contributed by atoms with Gasteiger partial charge in [0.1, 0.15) is 0 Å². The molecule has 114 valence electrons. The Morgan fingerprint density at radius 2 is 1.79 bits per heavy atom. The number of ether oxygens (including phenoxy) is 1. The summed E-state index contributed by atoms with van der Waals surface area (Å²) in [5.41, 5.74) is -0.0271. The maximum atomic E-state index is 5.59. The van der Waals surface area contributed by atoms with Gasteiger partial charge in [-0.25, -0.2) is 0 Å². The lowest BCUT2D eigenvalue weighted by Gasteiger charge is -2.39. The van der Waals surface area contributed by atoms with Gasteiger partial charge in [-0.15, -0.1) is 0 Å². The molecule has 1 saturated heterocycles. The second-order valence-electron chi connectivity index (χ2n) is 7.00. The Morgan fingerprint density at radius 1 is 1.21 bits per heavy atom. The second-order valence-corrected chi connectivity index (χ2v) is 7.00. The van der Waals surface area contributed by atoms with Gasteiger partial charge in [0.25, 0.3) is 0 Å². The zero-order valence-electron chi connectivity index (χ0n) is 13.8. The molecule has 0 saturated carbocycles. The van der Waals surface area contributed by atoms with E-state index in [1.54, 1.807) is 0 Å². The van der Waals surface area contributed by atoms with Crippen LogP contribution in [0.3, 0.4) is 0 Å². The first-order chi connectivity index (χ1) is 8.85. The molecule has 1 fully saturated rings. The van der Waals surface area contributed by atoms with E-state index in [1.165, 1.54) is 32.5 Å². The Balaban J connectivity index is 2.55. The molecular formula is C16H34N2O. The minimum atomic E-state index is -0.0271. The first-order valence-corrected chi connectivity index (χ1v) is 7.87. The van der Waals surface area contributed by atoms with Gasteiger partial charge >= 0.3 is 0 Å². The first kappa shape index (κ1) is 16.9. The highest BCUT2D eigenvalue weighted by molar-refractivity contribution is 4.82. The third-order valence-electron chi connectivity index (χ3n) is 4.50. The maximum Gasteiger partial charge on any atom is 0.0637 e. The summed E-state index contributed by atoms with van der Waals surface area (Å²) in [6.45, 7) is 15.0. The van der Waals surface area contributed by atoms with Crippen molar-refractivity contribution in [2.24, 2.45) is 5.92 Å². The van der Waals surface area contributed by atoms with Crippen molar-refractivity contribution >= 4 is 0 Å². The second kappa shape index (κ2) is 7.61. The summed E-state index contributed by atoms with van der Waals surface area (Å²) in [4.78, 5) is 2.66. The maximum absolute atomic E-state index is 5.59. The van der Waals surface area contributed by atoms with Crippen molar-refractivity contribution in [3.05, 3.63) is 0 Å². The van der Waals surface area contributed by atoms with E-state index in [2.05, 4.69) is 44.8 Å². The molecule has 0 spiro atoms. The molecule has 0 aliphatic carbocycles. The van der Waals surface area contributed by atoms with Crippen LogP contribution in [0.15, 0.2) is 0 Å². The van der Waals surface area contributed by atoms with Crippen LogP contribution in [0.25, 0.3) is 0 Å². The number of piperidine rings is 1. The van der Waals surface area contributed by atoms with E-state index >= 15 is 0 Å². The fourth-order valence-corrected chi connectivity index (χ4v) is 3.17. The molecule has 3 heteroatoms. The molecule has 0 aromatic carbocycles. The van der Waals surface area contributed by atoms with Crippen LogP contribution < -0.4 is 5.32 Å². The summed E-state index contributed by atoms with van der Waals surface area (Å²) in [6, 6.07) is 1.18. The smallest absolute Gasteiger partial charge is 0.0637 e. The summed E-state index contributed by atoms with van der Waals surface area (Å²) in [7, 11) is 1.82. The molecule has 0 amide bonds. The third-order valence-corrected chi connectivity index (χ3v) is 4.50. The monoisotopic (exact) mass is 270 g/mol. The van der Waals surface area contributed by atoms with Crippen LogP contribution in [-0.2, 0) is 4.74 Å². The zero-order chi connectivity index (χ0) is 14.5. The van der Waals surface area contributed by atoms with Crippen LogP contribution in [-0.4, -0.2) is 49.3 Å². The van der Waals surface area contributed by atoms with Crippen LogP contribution in [0, 0.1) is 5.92 Å². The van der Waals surface area contributed by atoms with Gasteiger partial charge in [-0.1, -0.05) is 0 Å². The van der Waals surface area contributed by atoms with E-state index in [-0.39, 0.29) is 5.60 Å². The average Bonchev–Trinajstić information content (AvgIpc) is 2.36. The SMILES string of the molecule is COC(C)(C)CC(C)N(CC1CCNCC1)C(C)C. The summed E-state index contributed by atoms with van der Waals surface area (Å²) in [5, 5.41) is 3.46. The Morgan fingerprint density at radius 3 is 2.26 bits per heavy atom. The molecule has 1 heterocycles. The van der Waals surface area contributed by atoms with E-state index in [1.807, 2.05) is 7.11 Å². The van der Waals surface area contributed by atoms with Crippen LogP contribution in [0.1, 0.15) is 53.9 Å². The molecule has 0 aromatic heterocycles. The Kier molecular flexibility index (Phi) is 6.78. The van der Waals surface area contributed by atoms with Crippen molar-refractivity contribution in [1.29, 1.82) is 0 Å². The van der Waals surface area contributed by atoms with Gasteiger partial charge in [0, 0.05) is 25.7 Å². The molecule has 0 bridgehead atoms. The van der Waals surface area contributed by atoms with Gasteiger partial charge in [0.2, 0.25) is 0 Å². The minimum absolute atomic E-state index is 0.0271. The number of nitrogens with one attached hydrogen (secondary N) is 1. The predicted octanol–water partition coefficient (Wildman–Crippen LogP) is 2.90. The van der Waals surface area contributed by atoms with Gasteiger partial charge < -0.3 is 10.1 Å². The zero-order valence-corrected chi connectivity index (χ0v) is 13.8. The Hall–Kier alpha value is -0.120. The number of rotatable bonds is 7. The highest BCUT2D eigenvalue weighted by Gasteiger charge is 2.27. The third kappa shape index (κ3) is 5.80. The lowest BCUT2D eigenvalue weighted by molar-refractivity contribution is -0.0135. The molecule has 1 N–H and O–H groups in total. The fourth-order valence-electron chi connectivity index (χ4n) is 3.17. The van der Waals surface area contributed by atoms with Crippen LogP contribution in [0.5, 0.6) is 0 Å². The van der Waals surface area contributed by atoms with E-state index in [0.717, 1.165) is 12.3 Å². The summed E-state index contributed by atoms with van der Waals surface area (Å²) in [5.74, 6) is 0.858. The van der Waals surface area contributed by atoms with E-state index in [9.17, 15) is 0 Å². The average molecular weight is 270 g/mol. The lowest BCUT2D eigenvalue weighted by Crippen LogP contribution is -2.46. The summed E-state index contributed by atoms with van der Waals surface area (Å²) >= 11 is 0. The highest BCUT2D eigenvalue weighted by Crippen LogP contribution is 2.23. The number of nitrogens with zero attached hydrogens (tertiary/aromatic N) is 1. The minimum Gasteiger partial charge on any atom is -0.379 e. The largest absolute Gasteiger partial charge is 0.379 e. The molecule has 19 heavy (non-hydrogen) atoms. The summed E-state index contributed by atoms with van der Waals surface area (Å²) < 4.78 is 5.59. The Bertz CT molecular complexity index is 247. The van der Waals surface area contributed by atoms with Gasteiger partial charge in [-0.3, -0.25) is 4.90 Å². The van der Waals surface area contributed by atoms with Crippen molar-refractivity contribution in [2.45, 2.75) is 71.6 Å². The number of hydrogen-bond donors (Lipinski definition) is 1. The standard InChI is InChI=1S/C16H34N2O/c1-13(2)18(12-15-7-9-17-10-8-15)14(3)11-16(4,5)19-6/h13-15,17H,7-12H2,1-6H3. The molecule has 1 aliphatic rings.